The second-order valence-corrected chi connectivity index (χ2v) is 6.14. The first-order chi connectivity index (χ1) is 8.11. The molecule has 1 aliphatic carbocycles. The number of amides is 1. The zero-order valence-corrected chi connectivity index (χ0v) is 11.1. The molecule has 1 amide bonds. The van der Waals surface area contributed by atoms with Crippen LogP contribution in [0.2, 0.25) is 0 Å². The summed E-state index contributed by atoms with van der Waals surface area (Å²) in [4.78, 5) is 14.3. The van der Waals surface area contributed by atoms with Crippen LogP contribution in [-0.2, 0) is 17.8 Å². The molecule has 4 heteroatoms. The van der Waals surface area contributed by atoms with Gasteiger partial charge in [-0.05, 0) is 37.8 Å². The van der Waals surface area contributed by atoms with Gasteiger partial charge in [0.05, 0.1) is 6.54 Å². The average Bonchev–Trinajstić information content (AvgIpc) is 2.72. The van der Waals surface area contributed by atoms with E-state index in [1.165, 1.54) is 9.75 Å². The van der Waals surface area contributed by atoms with E-state index in [-0.39, 0.29) is 11.4 Å². The lowest BCUT2D eigenvalue weighted by molar-refractivity contribution is -0.123. The summed E-state index contributed by atoms with van der Waals surface area (Å²) in [6.45, 7) is 2.78. The number of nitrogens with two attached hydrogens (primary N) is 1. The molecule has 0 aliphatic heterocycles. The lowest BCUT2D eigenvalue weighted by Crippen LogP contribution is -2.49. The Hall–Kier alpha value is -0.870. The van der Waals surface area contributed by atoms with Crippen LogP contribution in [0.5, 0.6) is 0 Å². The number of nitrogens with one attached hydrogen (secondary N) is 1. The minimum atomic E-state index is -0.214. The topological polar surface area (TPSA) is 55.1 Å². The summed E-state index contributed by atoms with van der Waals surface area (Å²) in [6, 6.07) is 4.22. The van der Waals surface area contributed by atoms with Gasteiger partial charge in [-0.25, -0.2) is 0 Å². The number of rotatable bonds is 5. The van der Waals surface area contributed by atoms with E-state index in [0.717, 1.165) is 25.7 Å². The average molecular weight is 252 g/mol. The third kappa shape index (κ3) is 3.30. The molecule has 1 aliphatic rings. The first kappa shape index (κ1) is 12.6. The zero-order valence-electron chi connectivity index (χ0n) is 10.3. The maximum absolute atomic E-state index is 11.7. The number of thiophene rings is 1. The molecule has 1 heterocycles. The second kappa shape index (κ2) is 5.19. The van der Waals surface area contributed by atoms with E-state index >= 15 is 0 Å². The number of hydrogen-bond acceptors (Lipinski definition) is 3. The molecule has 3 nitrogen and oxygen atoms in total. The molecule has 0 bridgehead atoms. The Morgan fingerprint density at radius 3 is 2.71 bits per heavy atom. The minimum Gasteiger partial charge on any atom is -0.351 e. The van der Waals surface area contributed by atoms with Crippen LogP contribution >= 0.6 is 11.3 Å². The van der Waals surface area contributed by atoms with Crippen molar-refractivity contribution in [1.82, 2.24) is 5.32 Å². The van der Waals surface area contributed by atoms with Crippen molar-refractivity contribution in [2.24, 2.45) is 5.73 Å². The molecule has 0 saturated heterocycles. The van der Waals surface area contributed by atoms with Crippen molar-refractivity contribution in [3.8, 4) is 0 Å². The van der Waals surface area contributed by atoms with Gasteiger partial charge in [0.15, 0.2) is 0 Å². The first-order valence-corrected chi connectivity index (χ1v) is 7.06. The van der Waals surface area contributed by atoms with Crippen LogP contribution in [0.25, 0.3) is 0 Å². The standard InChI is InChI=1S/C13H20N2OS/c1-2-10-4-5-11(17-10)9-15-12(16)8-13(14)6-3-7-13/h4-5H,2-3,6-9,14H2,1H3,(H,15,16). The minimum absolute atomic E-state index is 0.0821. The maximum atomic E-state index is 11.7. The van der Waals surface area contributed by atoms with E-state index in [0.29, 0.717) is 13.0 Å². The van der Waals surface area contributed by atoms with Gasteiger partial charge in [0, 0.05) is 21.7 Å². The Morgan fingerprint density at radius 1 is 1.47 bits per heavy atom. The lowest BCUT2D eigenvalue weighted by atomic mass is 9.75. The van der Waals surface area contributed by atoms with Gasteiger partial charge >= 0.3 is 0 Å². The predicted octanol–water partition coefficient (Wildman–Crippen LogP) is 2.20. The summed E-state index contributed by atoms with van der Waals surface area (Å²) in [6.07, 6.45) is 4.66. The van der Waals surface area contributed by atoms with E-state index in [1.807, 2.05) is 0 Å². The van der Waals surface area contributed by atoms with Crippen LogP contribution in [0.15, 0.2) is 12.1 Å². The highest BCUT2D eigenvalue weighted by Crippen LogP contribution is 2.31. The lowest BCUT2D eigenvalue weighted by Gasteiger charge is -2.37. The third-order valence-electron chi connectivity index (χ3n) is 3.39. The van der Waals surface area contributed by atoms with Crippen molar-refractivity contribution < 1.29 is 4.79 Å². The summed E-state index contributed by atoms with van der Waals surface area (Å²) < 4.78 is 0. The van der Waals surface area contributed by atoms with Crippen molar-refractivity contribution in [3.63, 3.8) is 0 Å². The quantitative estimate of drug-likeness (QED) is 0.844. The van der Waals surface area contributed by atoms with E-state index in [4.69, 9.17) is 5.73 Å². The normalized spacial score (nSPS) is 17.5. The number of aryl methyl sites for hydroxylation is 1. The summed E-state index contributed by atoms with van der Waals surface area (Å²) >= 11 is 1.77. The smallest absolute Gasteiger partial charge is 0.222 e. The van der Waals surface area contributed by atoms with Gasteiger partial charge in [-0.15, -0.1) is 11.3 Å². The van der Waals surface area contributed by atoms with Crippen LogP contribution in [0, 0.1) is 0 Å². The molecule has 0 radical (unpaired) electrons. The van der Waals surface area contributed by atoms with Gasteiger partial charge in [0.1, 0.15) is 0 Å². The molecular weight excluding hydrogens is 232 g/mol. The molecule has 0 unspecified atom stereocenters. The first-order valence-electron chi connectivity index (χ1n) is 6.24. The Labute approximate surface area is 106 Å². The zero-order chi connectivity index (χ0) is 12.3. The highest BCUT2D eigenvalue weighted by molar-refractivity contribution is 7.11. The van der Waals surface area contributed by atoms with Crippen molar-refractivity contribution in [2.75, 3.05) is 0 Å². The SMILES string of the molecule is CCc1ccc(CNC(=O)CC2(N)CCC2)s1. The summed E-state index contributed by atoms with van der Waals surface area (Å²) in [7, 11) is 0. The molecule has 94 valence electrons. The van der Waals surface area contributed by atoms with E-state index in [2.05, 4.69) is 24.4 Å². The Bertz CT molecular complexity index is 396. The fraction of sp³-hybridized carbons (Fsp3) is 0.615. The molecular formula is C13H20N2OS. The molecule has 3 N–H and O–H groups in total. The van der Waals surface area contributed by atoms with Crippen LogP contribution < -0.4 is 11.1 Å². The largest absolute Gasteiger partial charge is 0.351 e. The number of hydrogen-bond donors (Lipinski definition) is 2. The Morgan fingerprint density at radius 2 is 2.18 bits per heavy atom. The molecule has 1 fully saturated rings. The van der Waals surface area contributed by atoms with Crippen LogP contribution in [0.1, 0.15) is 42.4 Å². The Kier molecular flexibility index (Phi) is 3.84. The molecule has 17 heavy (non-hydrogen) atoms. The van der Waals surface area contributed by atoms with Crippen molar-refractivity contribution in [1.29, 1.82) is 0 Å². The Balaban J connectivity index is 1.75. The molecule has 0 spiro atoms. The van der Waals surface area contributed by atoms with Crippen LogP contribution in [-0.4, -0.2) is 11.4 Å². The van der Waals surface area contributed by atoms with Gasteiger partial charge in [0.25, 0.3) is 0 Å². The highest BCUT2D eigenvalue weighted by Gasteiger charge is 2.34. The summed E-state index contributed by atoms with van der Waals surface area (Å²) in [5, 5.41) is 2.95. The van der Waals surface area contributed by atoms with E-state index in [1.54, 1.807) is 11.3 Å². The van der Waals surface area contributed by atoms with Gasteiger partial charge in [0.2, 0.25) is 5.91 Å². The number of carbonyl (C=O) groups is 1. The van der Waals surface area contributed by atoms with Crippen molar-refractivity contribution in [3.05, 3.63) is 21.9 Å². The van der Waals surface area contributed by atoms with E-state index in [9.17, 15) is 4.79 Å². The van der Waals surface area contributed by atoms with Crippen molar-refractivity contribution in [2.45, 2.75) is 51.1 Å². The third-order valence-corrected chi connectivity index (χ3v) is 4.62. The molecule has 0 aromatic carbocycles. The summed E-state index contributed by atoms with van der Waals surface area (Å²) in [5.41, 5.74) is 5.83. The molecule has 0 atom stereocenters. The van der Waals surface area contributed by atoms with Crippen molar-refractivity contribution >= 4 is 17.2 Å². The van der Waals surface area contributed by atoms with Gasteiger partial charge in [-0.2, -0.15) is 0 Å². The molecule has 1 saturated carbocycles. The summed E-state index contributed by atoms with van der Waals surface area (Å²) in [5.74, 6) is 0.0821. The second-order valence-electron chi connectivity index (χ2n) is 4.89. The van der Waals surface area contributed by atoms with Crippen LogP contribution in [0.4, 0.5) is 0 Å². The molecule has 1 aromatic heterocycles. The predicted molar refractivity (Wildman–Crippen MR) is 70.9 cm³/mol. The van der Waals surface area contributed by atoms with Crippen LogP contribution in [0.3, 0.4) is 0 Å². The van der Waals surface area contributed by atoms with Gasteiger partial charge < -0.3 is 11.1 Å². The fourth-order valence-corrected chi connectivity index (χ4v) is 2.98. The monoisotopic (exact) mass is 252 g/mol. The number of carbonyl (C=O) groups excluding carboxylic acids is 1. The molecule has 2 rings (SSSR count). The van der Waals surface area contributed by atoms with E-state index < -0.39 is 0 Å². The highest BCUT2D eigenvalue weighted by atomic mass is 32.1. The van der Waals surface area contributed by atoms with Gasteiger partial charge in [-0.3, -0.25) is 4.79 Å². The molecule has 1 aromatic rings. The van der Waals surface area contributed by atoms with Gasteiger partial charge in [-0.1, -0.05) is 6.92 Å². The fourth-order valence-electron chi connectivity index (χ4n) is 2.08. The maximum Gasteiger partial charge on any atom is 0.222 e.